The highest BCUT2D eigenvalue weighted by Gasteiger charge is 2.38. The molecule has 0 amide bonds. The van der Waals surface area contributed by atoms with Gasteiger partial charge in [-0.2, -0.15) is 0 Å². The summed E-state index contributed by atoms with van der Waals surface area (Å²) in [6.45, 7) is 5.76. The van der Waals surface area contributed by atoms with Crippen LogP contribution in [0.15, 0.2) is 0 Å². The maximum absolute atomic E-state index is 11.4. The van der Waals surface area contributed by atoms with Crippen LogP contribution in [0.5, 0.6) is 0 Å². The van der Waals surface area contributed by atoms with Crippen molar-refractivity contribution in [1.82, 2.24) is 9.80 Å². The van der Waals surface area contributed by atoms with Crippen LogP contribution in [-0.2, 0) is 4.79 Å². The van der Waals surface area contributed by atoms with Crippen LogP contribution in [-0.4, -0.2) is 53.3 Å². The number of carbonyl (C=O) groups is 1. The second-order valence-corrected chi connectivity index (χ2v) is 5.75. The summed E-state index contributed by atoms with van der Waals surface area (Å²) in [5.41, 5.74) is 0. The summed E-state index contributed by atoms with van der Waals surface area (Å²) in [7, 11) is 0. The zero-order chi connectivity index (χ0) is 11.1. The van der Waals surface area contributed by atoms with Gasteiger partial charge in [-0.3, -0.25) is 14.6 Å². The normalized spacial score (nSPS) is 38.2. The summed E-state index contributed by atoms with van der Waals surface area (Å²) in [4.78, 5) is 16.6. The molecule has 2 aliphatic heterocycles. The van der Waals surface area contributed by atoms with Gasteiger partial charge in [0.05, 0.1) is 0 Å². The van der Waals surface area contributed by atoms with Crippen molar-refractivity contribution in [2.45, 2.75) is 57.2 Å². The summed E-state index contributed by atoms with van der Waals surface area (Å²) in [6, 6.07) is 2.11. The van der Waals surface area contributed by atoms with Gasteiger partial charge in [-0.15, -0.1) is 0 Å². The lowest BCUT2D eigenvalue weighted by atomic mass is 9.99. The van der Waals surface area contributed by atoms with Gasteiger partial charge in [0, 0.05) is 50.6 Å². The first kappa shape index (κ1) is 10.7. The van der Waals surface area contributed by atoms with Crippen molar-refractivity contribution in [2.24, 2.45) is 0 Å². The lowest BCUT2D eigenvalue weighted by Gasteiger charge is -2.37. The van der Waals surface area contributed by atoms with Crippen LogP contribution in [0, 0.1) is 0 Å². The van der Waals surface area contributed by atoms with E-state index in [4.69, 9.17) is 0 Å². The molecule has 0 spiro atoms. The number of likely N-dealkylation sites (tertiary alicyclic amines) is 2. The third-order valence-electron chi connectivity index (χ3n) is 4.47. The highest BCUT2D eigenvalue weighted by molar-refractivity contribution is 5.79. The minimum atomic E-state index is 0.459. The Hall–Kier alpha value is -0.410. The van der Waals surface area contributed by atoms with Gasteiger partial charge in [-0.25, -0.2) is 0 Å². The zero-order valence-electron chi connectivity index (χ0n) is 10.2. The van der Waals surface area contributed by atoms with Crippen molar-refractivity contribution in [2.75, 3.05) is 19.6 Å². The van der Waals surface area contributed by atoms with Crippen LogP contribution in [0.1, 0.15) is 39.0 Å². The van der Waals surface area contributed by atoms with Gasteiger partial charge in [-0.05, 0) is 26.2 Å². The van der Waals surface area contributed by atoms with Crippen LogP contribution < -0.4 is 0 Å². The Kier molecular flexibility index (Phi) is 2.76. The van der Waals surface area contributed by atoms with Crippen molar-refractivity contribution in [3.63, 3.8) is 0 Å². The van der Waals surface area contributed by atoms with Crippen molar-refractivity contribution in [1.29, 1.82) is 0 Å². The maximum Gasteiger partial charge on any atom is 0.135 e. The number of hydrogen-bond acceptors (Lipinski definition) is 3. The SMILES string of the molecule is CC1CC(=O)CCN1C1CCN(C2CC2)C1. The molecule has 1 saturated carbocycles. The maximum atomic E-state index is 11.4. The Bertz CT molecular complexity index is 288. The summed E-state index contributed by atoms with van der Waals surface area (Å²) >= 11 is 0. The van der Waals surface area contributed by atoms with Crippen molar-refractivity contribution in [3.8, 4) is 0 Å². The third-order valence-corrected chi connectivity index (χ3v) is 4.47. The fraction of sp³-hybridized carbons (Fsp3) is 0.923. The van der Waals surface area contributed by atoms with E-state index in [1.54, 1.807) is 0 Å². The molecule has 3 heteroatoms. The average molecular weight is 222 g/mol. The Labute approximate surface area is 97.8 Å². The predicted octanol–water partition coefficient (Wildman–Crippen LogP) is 1.28. The molecule has 0 radical (unpaired) electrons. The molecule has 2 atom stereocenters. The van der Waals surface area contributed by atoms with E-state index in [2.05, 4.69) is 16.7 Å². The van der Waals surface area contributed by atoms with Gasteiger partial charge in [0.25, 0.3) is 0 Å². The smallest absolute Gasteiger partial charge is 0.135 e. The van der Waals surface area contributed by atoms with Crippen LogP contribution >= 0.6 is 0 Å². The van der Waals surface area contributed by atoms with E-state index in [1.807, 2.05) is 0 Å². The molecule has 0 bridgehead atoms. The fourth-order valence-electron chi connectivity index (χ4n) is 3.38. The minimum absolute atomic E-state index is 0.459. The standard InChI is InChI=1S/C13H22N2O/c1-10-8-13(16)5-7-15(10)12-4-6-14(9-12)11-2-3-11/h10-12H,2-9H2,1H3. The topological polar surface area (TPSA) is 23.6 Å². The number of ketones is 1. The first-order valence-corrected chi connectivity index (χ1v) is 6.75. The Morgan fingerprint density at radius 3 is 2.62 bits per heavy atom. The summed E-state index contributed by atoms with van der Waals surface area (Å²) in [5.74, 6) is 0.459. The molecule has 0 aromatic carbocycles. The third kappa shape index (κ3) is 2.03. The lowest BCUT2D eigenvalue weighted by molar-refractivity contribution is -0.123. The van der Waals surface area contributed by atoms with Crippen molar-refractivity contribution >= 4 is 5.78 Å². The van der Waals surface area contributed by atoms with Crippen LogP contribution in [0.2, 0.25) is 0 Å². The fourth-order valence-corrected chi connectivity index (χ4v) is 3.38. The molecule has 0 N–H and O–H groups in total. The first-order chi connectivity index (χ1) is 7.74. The highest BCUT2D eigenvalue weighted by Crippen LogP contribution is 2.32. The van der Waals surface area contributed by atoms with E-state index in [-0.39, 0.29) is 0 Å². The Balaban J connectivity index is 1.58. The number of hydrogen-bond donors (Lipinski definition) is 0. The molecular weight excluding hydrogens is 200 g/mol. The molecule has 3 fully saturated rings. The summed E-state index contributed by atoms with van der Waals surface area (Å²) in [5, 5.41) is 0. The molecule has 0 aromatic rings. The van der Waals surface area contributed by atoms with Gasteiger partial charge >= 0.3 is 0 Å². The summed E-state index contributed by atoms with van der Waals surface area (Å²) < 4.78 is 0. The molecule has 3 nitrogen and oxygen atoms in total. The minimum Gasteiger partial charge on any atom is -0.300 e. The molecule has 1 aliphatic carbocycles. The highest BCUT2D eigenvalue weighted by atomic mass is 16.1. The van der Waals surface area contributed by atoms with Crippen molar-refractivity contribution < 1.29 is 4.79 Å². The zero-order valence-corrected chi connectivity index (χ0v) is 10.2. The van der Waals surface area contributed by atoms with Gasteiger partial charge in [-0.1, -0.05) is 0 Å². The van der Waals surface area contributed by atoms with E-state index in [0.29, 0.717) is 11.8 Å². The molecule has 2 heterocycles. The van der Waals surface area contributed by atoms with Crippen LogP contribution in [0.3, 0.4) is 0 Å². The molecular formula is C13H22N2O. The molecule has 2 unspecified atom stereocenters. The number of Topliss-reactive ketones (excluding diaryl/α,β-unsaturated/α-hetero) is 1. The average Bonchev–Trinajstić information content (AvgIpc) is 2.98. The van der Waals surface area contributed by atoms with Crippen molar-refractivity contribution in [3.05, 3.63) is 0 Å². The summed E-state index contributed by atoms with van der Waals surface area (Å²) in [6.07, 6.45) is 5.71. The second kappa shape index (κ2) is 4.11. The Morgan fingerprint density at radius 2 is 1.94 bits per heavy atom. The van der Waals surface area contributed by atoms with Gasteiger partial charge in [0.15, 0.2) is 0 Å². The molecule has 2 saturated heterocycles. The first-order valence-electron chi connectivity index (χ1n) is 6.75. The molecule has 90 valence electrons. The van der Waals surface area contributed by atoms with E-state index < -0.39 is 0 Å². The van der Waals surface area contributed by atoms with E-state index in [1.165, 1.54) is 32.4 Å². The monoisotopic (exact) mass is 222 g/mol. The number of rotatable bonds is 2. The molecule has 0 aromatic heterocycles. The largest absolute Gasteiger partial charge is 0.300 e. The van der Waals surface area contributed by atoms with Crippen LogP contribution in [0.25, 0.3) is 0 Å². The molecule has 16 heavy (non-hydrogen) atoms. The number of piperidine rings is 1. The van der Waals surface area contributed by atoms with E-state index in [0.717, 1.165) is 31.5 Å². The Morgan fingerprint density at radius 1 is 1.12 bits per heavy atom. The quantitative estimate of drug-likeness (QED) is 0.703. The van der Waals surface area contributed by atoms with Gasteiger partial charge in [0.2, 0.25) is 0 Å². The van der Waals surface area contributed by atoms with E-state index >= 15 is 0 Å². The molecule has 3 aliphatic rings. The van der Waals surface area contributed by atoms with E-state index in [9.17, 15) is 4.79 Å². The number of carbonyl (C=O) groups excluding carboxylic acids is 1. The second-order valence-electron chi connectivity index (χ2n) is 5.75. The number of nitrogens with zero attached hydrogens (tertiary/aromatic N) is 2. The lowest BCUT2D eigenvalue weighted by Crippen LogP contribution is -2.48. The van der Waals surface area contributed by atoms with Crippen LogP contribution in [0.4, 0.5) is 0 Å². The predicted molar refractivity (Wildman–Crippen MR) is 63.4 cm³/mol. The van der Waals surface area contributed by atoms with Gasteiger partial charge < -0.3 is 0 Å². The van der Waals surface area contributed by atoms with Gasteiger partial charge in [0.1, 0.15) is 5.78 Å². The molecule has 3 rings (SSSR count).